The number of methoxy groups -OCH3 is 2. The van der Waals surface area contributed by atoms with Gasteiger partial charge in [0.2, 0.25) is 0 Å². The van der Waals surface area contributed by atoms with Crippen molar-refractivity contribution < 1.29 is 19.7 Å². The molecule has 0 saturated heterocycles. The second-order valence-electron chi connectivity index (χ2n) is 3.97. The van der Waals surface area contributed by atoms with Crippen LogP contribution in [-0.4, -0.2) is 36.6 Å². The van der Waals surface area contributed by atoms with Crippen molar-refractivity contribution in [1.82, 2.24) is 0 Å². The Kier molecular flexibility index (Phi) is 3.03. The molecule has 0 radical (unpaired) electrons. The van der Waals surface area contributed by atoms with Crippen LogP contribution in [0.1, 0.15) is 11.1 Å². The zero-order chi connectivity index (χ0) is 11.7. The monoisotopic (exact) mass is 224 g/mol. The fraction of sp³-hybridized carbons (Fsp3) is 0.500. The lowest BCUT2D eigenvalue weighted by Crippen LogP contribution is -2.35. The van der Waals surface area contributed by atoms with Crippen LogP contribution in [0.15, 0.2) is 12.1 Å². The lowest BCUT2D eigenvalue weighted by molar-refractivity contribution is 0.0132. The molecule has 1 aliphatic rings. The highest BCUT2D eigenvalue weighted by molar-refractivity contribution is 5.50. The summed E-state index contributed by atoms with van der Waals surface area (Å²) in [6.07, 6.45) is -0.657. The Hall–Kier alpha value is -1.26. The van der Waals surface area contributed by atoms with E-state index in [1.807, 2.05) is 12.1 Å². The maximum absolute atomic E-state index is 9.66. The Morgan fingerprint density at radius 1 is 0.938 bits per heavy atom. The molecule has 0 saturated carbocycles. The number of aliphatic hydroxyl groups excluding tert-OH is 2. The van der Waals surface area contributed by atoms with Gasteiger partial charge in [0.1, 0.15) is 11.5 Å². The zero-order valence-electron chi connectivity index (χ0n) is 9.43. The van der Waals surface area contributed by atoms with Crippen LogP contribution in [0.5, 0.6) is 11.5 Å². The van der Waals surface area contributed by atoms with Crippen LogP contribution in [0.25, 0.3) is 0 Å². The highest BCUT2D eigenvalue weighted by Crippen LogP contribution is 2.35. The Morgan fingerprint density at radius 2 is 1.31 bits per heavy atom. The summed E-state index contributed by atoms with van der Waals surface area (Å²) in [6, 6.07) is 3.64. The van der Waals surface area contributed by atoms with E-state index in [0.29, 0.717) is 12.8 Å². The molecule has 0 unspecified atom stereocenters. The minimum absolute atomic E-state index is 0.400. The Labute approximate surface area is 94.4 Å². The standard InChI is InChI=1S/C12H16O4/c1-15-11-3-4-12(16-2)8-6-10(14)9(13)5-7(8)11/h3-4,9-10,13-14H,5-6H2,1-2H3/t9-,10-/m1/s1. The fourth-order valence-electron chi connectivity index (χ4n) is 2.17. The minimum atomic E-state index is -0.728. The van der Waals surface area contributed by atoms with Crippen LogP contribution in [0.2, 0.25) is 0 Å². The largest absolute Gasteiger partial charge is 0.496 e. The van der Waals surface area contributed by atoms with Crippen molar-refractivity contribution in [3.8, 4) is 11.5 Å². The van der Waals surface area contributed by atoms with Gasteiger partial charge in [-0.05, 0) is 12.1 Å². The lowest BCUT2D eigenvalue weighted by atomic mass is 9.86. The van der Waals surface area contributed by atoms with Crippen LogP contribution < -0.4 is 9.47 Å². The summed E-state index contributed by atoms with van der Waals surface area (Å²) in [6.45, 7) is 0. The first-order valence-corrected chi connectivity index (χ1v) is 5.26. The molecule has 0 fully saturated rings. The van der Waals surface area contributed by atoms with Crippen molar-refractivity contribution in [3.63, 3.8) is 0 Å². The SMILES string of the molecule is COc1ccc(OC)c2c1C[C@@H](O)[C@H](O)C2. The Balaban J connectivity index is 2.50. The molecule has 1 aromatic carbocycles. The van der Waals surface area contributed by atoms with E-state index in [1.165, 1.54) is 0 Å². The molecule has 2 N–H and O–H groups in total. The van der Waals surface area contributed by atoms with Crippen molar-refractivity contribution >= 4 is 0 Å². The molecule has 0 aromatic heterocycles. The molecule has 1 aliphatic carbocycles. The van der Waals surface area contributed by atoms with E-state index in [4.69, 9.17) is 9.47 Å². The van der Waals surface area contributed by atoms with Crippen LogP contribution in [0.3, 0.4) is 0 Å². The topological polar surface area (TPSA) is 58.9 Å². The van der Waals surface area contributed by atoms with Gasteiger partial charge in [-0.15, -0.1) is 0 Å². The number of ether oxygens (including phenoxy) is 2. The summed E-state index contributed by atoms with van der Waals surface area (Å²) >= 11 is 0. The summed E-state index contributed by atoms with van der Waals surface area (Å²) in [5.41, 5.74) is 1.86. The first-order valence-electron chi connectivity index (χ1n) is 5.26. The summed E-state index contributed by atoms with van der Waals surface area (Å²) in [5.74, 6) is 1.48. The molecule has 0 bridgehead atoms. The molecule has 0 amide bonds. The summed E-state index contributed by atoms with van der Waals surface area (Å²) in [5, 5.41) is 19.3. The molecule has 16 heavy (non-hydrogen) atoms. The van der Waals surface area contributed by atoms with Crippen molar-refractivity contribution in [2.75, 3.05) is 14.2 Å². The van der Waals surface area contributed by atoms with Gasteiger partial charge in [-0.1, -0.05) is 0 Å². The van der Waals surface area contributed by atoms with Crippen molar-refractivity contribution in [3.05, 3.63) is 23.3 Å². The molecule has 0 aliphatic heterocycles. The Morgan fingerprint density at radius 3 is 1.62 bits per heavy atom. The van der Waals surface area contributed by atoms with Gasteiger partial charge >= 0.3 is 0 Å². The highest BCUT2D eigenvalue weighted by Gasteiger charge is 2.29. The van der Waals surface area contributed by atoms with E-state index in [0.717, 1.165) is 22.6 Å². The van der Waals surface area contributed by atoms with E-state index in [2.05, 4.69) is 0 Å². The van der Waals surface area contributed by atoms with Gasteiger partial charge in [-0.25, -0.2) is 0 Å². The first kappa shape index (κ1) is 11.2. The summed E-state index contributed by atoms with van der Waals surface area (Å²) in [7, 11) is 3.19. The Bertz CT molecular complexity index is 352. The highest BCUT2D eigenvalue weighted by atomic mass is 16.5. The maximum Gasteiger partial charge on any atom is 0.122 e. The number of hydrogen-bond donors (Lipinski definition) is 2. The van der Waals surface area contributed by atoms with Gasteiger partial charge in [0.15, 0.2) is 0 Å². The fourth-order valence-corrected chi connectivity index (χ4v) is 2.17. The lowest BCUT2D eigenvalue weighted by Gasteiger charge is -2.28. The number of benzene rings is 1. The third kappa shape index (κ3) is 1.74. The molecule has 88 valence electrons. The van der Waals surface area contributed by atoms with Gasteiger partial charge in [0.25, 0.3) is 0 Å². The van der Waals surface area contributed by atoms with Crippen molar-refractivity contribution in [2.45, 2.75) is 25.0 Å². The zero-order valence-corrected chi connectivity index (χ0v) is 9.43. The van der Waals surface area contributed by atoms with Gasteiger partial charge < -0.3 is 19.7 Å². The van der Waals surface area contributed by atoms with Gasteiger partial charge in [-0.3, -0.25) is 0 Å². The average molecular weight is 224 g/mol. The number of hydrogen-bond acceptors (Lipinski definition) is 4. The van der Waals surface area contributed by atoms with Gasteiger partial charge in [0, 0.05) is 24.0 Å². The summed E-state index contributed by atoms with van der Waals surface area (Å²) in [4.78, 5) is 0. The number of aliphatic hydroxyl groups is 2. The molecular weight excluding hydrogens is 208 g/mol. The van der Waals surface area contributed by atoms with Crippen LogP contribution in [-0.2, 0) is 12.8 Å². The smallest absolute Gasteiger partial charge is 0.122 e. The van der Waals surface area contributed by atoms with E-state index >= 15 is 0 Å². The van der Waals surface area contributed by atoms with Gasteiger partial charge in [-0.2, -0.15) is 0 Å². The van der Waals surface area contributed by atoms with E-state index < -0.39 is 12.2 Å². The average Bonchev–Trinajstić information content (AvgIpc) is 2.29. The predicted molar refractivity (Wildman–Crippen MR) is 59.0 cm³/mol. The second-order valence-corrected chi connectivity index (χ2v) is 3.97. The van der Waals surface area contributed by atoms with Gasteiger partial charge in [0.05, 0.1) is 26.4 Å². The third-order valence-corrected chi connectivity index (χ3v) is 3.06. The molecular formula is C12H16O4. The van der Waals surface area contributed by atoms with Crippen molar-refractivity contribution in [2.24, 2.45) is 0 Å². The van der Waals surface area contributed by atoms with Crippen molar-refractivity contribution in [1.29, 1.82) is 0 Å². The molecule has 4 heteroatoms. The minimum Gasteiger partial charge on any atom is -0.496 e. The van der Waals surface area contributed by atoms with E-state index in [9.17, 15) is 10.2 Å². The third-order valence-electron chi connectivity index (χ3n) is 3.06. The second kappa shape index (κ2) is 4.31. The quantitative estimate of drug-likeness (QED) is 0.769. The molecule has 1 aromatic rings. The van der Waals surface area contributed by atoms with E-state index in [-0.39, 0.29) is 0 Å². The van der Waals surface area contributed by atoms with E-state index in [1.54, 1.807) is 14.2 Å². The maximum atomic E-state index is 9.66. The summed E-state index contributed by atoms with van der Waals surface area (Å²) < 4.78 is 10.5. The number of fused-ring (bicyclic) bond motifs is 1. The molecule has 0 heterocycles. The molecule has 2 rings (SSSR count). The first-order chi connectivity index (χ1) is 7.67. The van der Waals surface area contributed by atoms with Crippen LogP contribution >= 0.6 is 0 Å². The number of rotatable bonds is 2. The predicted octanol–water partition coefficient (Wildman–Crippen LogP) is 0.524. The van der Waals surface area contributed by atoms with Crippen LogP contribution in [0, 0.1) is 0 Å². The molecule has 0 spiro atoms. The molecule has 4 nitrogen and oxygen atoms in total. The normalized spacial score (nSPS) is 23.8. The van der Waals surface area contributed by atoms with Crippen LogP contribution in [0.4, 0.5) is 0 Å². The molecule has 2 atom stereocenters.